The third-order valence-electron chi connectivity index (χ3n) is 4.56. The van der Waals surface area contributed by atoms with Crippen molar-refractivity contribution >= 4 is 12.1 Å². The summed E-state index contributed by atoms with van der Waals surface area (Å²) in [6, 6.07) is 14.2. The van der Waals surface area contributed by atoms with Gasteiger partial charge in [-0.3, -0.25) is 14.7 Å². The van der Waals surface area contributed by atoms with Crippen LogP contribution in [0.5, 0.6) is 0 Å². The lowest BCUT2D eigenvalue weighted by molar-refractivity contribution is 0.0949. The molecule has 1 saturated heterocycles. The van der Waals surface area contributed by atoms with Crippen LogP contribution in [0.3, 0.4) is 0 Å². The van der Waals surface area contributed by atoms with Crippen molar-refractivity contribution in [2.24, 2.45) is 11.0 Å². The second-order valence-corrected chi connectivity index (χ2v) is 6.49. The van der Waals surface area contributed by atoms with Crippen molar-refractivity contribution in [3.05, 3.63) is 65.5 Å². The number of piperidine rings is 1. The molecule has 130 valence electrons. The van der Waals surface area contributed by atoms with E-state index in [1.807, 2.05) is 31.3 Å². The Bertz CT molecular complexity index is 721. The summed E-state index contributed by atoms with van der Waals surface area (Å²) >= 11 is 0. The molecule has 1 aliphatic heterocycles. The Hall–Kier alpha value is -2.53. The number of hydrogen-bond acceptors (Lipinski definition) is 4. The van der Waals surface area contributed by atoms with Crippen LogP contribution in [-0.2, 0) is 6.54 Å². The van der Waals surface area contributed by atoms with Gasteiger partial charge in [-0.1, -0.05) is 36.4 Å². The molecule has 1 aromatic heterocycles. The summed E-state index contributed by atoms with van der Waals surface area (Å²) in [5, 5.41) is 4.14. The molecule has 0 unspecified atom stereocenters. The maximum Gasteiger partial charge on any atom is 0.290 e. The second-order valence-electron chi connectivity index (χ2n) is 6.49. The first-order chi connectivity index (χ1) is 12.2. The van der Waals surface area contributed by atoms with Gasteiger partial charge in [-0.05, 0) is 56.0 Å². The van der Waals surface area contributed by atoms with Gasteiger partial charge in [-0.25, -0.2) is 5.43 Å². The average molecular weight is 336 g/mol. The molecule has 1 aliphatic rings. The number of hydrazone groups is 1. The first kappa shape index (κ1) is 17.3. The fourth-order valence-electron chi connectivity index (χ4n) is 3.08. The number of hydrogen-bond donors (Lipinski definition) is 1. The molecule has 0 bridgehead atoms. The Labute approximate surface area is 148 Å². The van der Waals surface area contributed by atoms with Gasteiger partial charge in [-0.15, -0.1) is 0 Å². The molecule has 0 saturated carbocycles. The van der Waals surface area contributed by atoms with Gasteiger partial charge in [0.25, 0.3) is 5.91 Å². The van der Waals surface area contributed by atoms with E-state index in [2.05, 4.69) is 44.7 Å². The van der Waals surface area contributed by atoms with Gasteiger partial charge >= 0.3 is 0 Å². The number of pyridine rings is 1. The van der Waals surface area contributed by atoms with E-state index in [1.165, 1.54) is 5.56 Å². The number of aromatic nitrogens is 1. The van der Waals surface area contributed by atoms with Gasteiger partial charge in [0, 0.05) is 19.0 Å². The molecular formula is C20H24N4O. The SMILES string of the molecule is Cc1cccnc1C(=O)NN=CC1CCN(Cc2ccccc2)CC1. The summed E-state index contributed by atoms with van der Waals surface area (Å²) in [7, 11) is 0. The molecule has 1 amide bonds. The van der Waals surface area contributed by atoms with E-state index in [0.29, 0.717) is 11.6 Å². The molecule has 0 radical (unpaired) electrons. The van der Waals surface area contributed by atoms with Gasteiger partial charge in [0.15, 0.2) is 0 Å². The molecular weight excluding hydrogens is 312 g/mol. The number of benzene rings is 1. The van der Waals surface area contributed by atoms with Gasteiger partial charge < -0.3 is 0 Å². The lowest BCUT2D eigenvalue weighted by Gasteiger charge is -2.30. The summed E-state index contributed by atoms with van der Waals surface area (Å²) in [5.41, 5.74) is 5.23. The van der Waals surface area contributed by atoms with E-state index in [1.54, 1.807) is 6.20 Å². The van der Waals surface area contributed by atoms with Crippen molar-refractivity contribution in [2.75, 3.05) is 13.1 Å². The van der Waals surface area contributed by atoms with Gasteiger partial charge in [0.05, 0.1) is 0 Å². The second kappa shape index (κ2) is 8.53. The largest absolute Gasteiger partial charge is 0.299 e. The number of nitrogens with one attached hydrogen (secondary N) is 1. The summed E-state index contributed by atoms with van der Waals surface area (Å²) in [6.07, 6.45) is 5.62. The topological polar surface area (TPSA) is 57.6 Å². The van der Waals surface area contributed by atoms with Crippen molar-refractivity contribution in [3.63, 3.8) is 0 Å². The van der Waals surface area contributed by atoms with Crippen LogP contribution < -0.4 is 5.43 Å². The summed E-state index contributed by atoms with van der Waals surface area (Å²) < 4.78 is 0. The number of aryl methyl sites for hydroxylation is 1. The molecule has 5 heteroatoms. The molecule has 0 aliphatic carbocycles. The zero-order valence-corrected chi connectivity index (χ0v) is 14.6. The highest BCUT2D eigenvalue weighted by atomic mass is 16.2. The van der Waals surface area contributed by atoms with Crippen molar-refractivity contribution in [2.45, 2.75) is 26.3 Å². The minimum atomic E-state index is -0.254. The lowest BCUT2D eigenvalue weighted by atomic mass is 9.98. The average Bonchev–Trinajstić information content (AvgIpc) is 2.64. The molecule has 1 aromatic carbocycles. The fraction of sp³-hybridized carbons (Fsp3) is 0.350. The minimum Gasteiger partial charge on any atom is -0.299 e. The van der Waals surface area contributed by atoms with Gasteiger partial charge in [0.1, 0.15) is 5.69 Å². The zero-order valence-electron chi connectivity index (χ0n) is 14.6. The van der Waals surface area contributed by atoms with Crippen LogP contribution in [0.15, 0.2) is 53.8 Å². The Morgan fingerprint density at radius 3 is 2.72 bits per heavy atom. The van der Waals surface area contributed by atoms with E-state index in [4.69, 9.17) is 0 Å². The van der Waals surface area contributed by atoms with Crippen molar-refractivity contribution in [3.8, 4) is 0 Å². The maximum absolute atomic E-state index is 12.1. The highest BCUT2D eigenvalue weighted by molar-refractivity contribution is 5.93. The third-order valence-corrected chi connectivity index (χ3v) is 4.56. The number of carbonyl (C=O) groups excluding carboxylic acids is 1. The monoisotopic (exact) mass is 336 g/mol. The zero-order chi connectivity index (χ0) is 17.5. The molecule has 25 heavy (non-hydrogen) atoms. The van der Waals surface area contributed by atoms with E-state index < -0.39 is 0 Å². The summed E-state index contributed by atoms with van der Waals surface area (Å²) in [4.78, 5) is 18.6. The van der Waals surface area contributed by atoms with E-state index >= 15 is 0 Å². The highest BCUT2D eigenvalue weighted by Crippen LogP contribution is 2.17. The Morgan fingerprint density at radius 2 is 2.00 bits per heavy atom. The predicted molar refractivity (Wildman–Crippen MR) is 99.4 cm³/mol. The molecule has 1 N–H and O–H groups in total. The van der Waals surface area contributed by atoms with Crippen LogP contribution in [0.25, 0.3) is 0 Å². The molecule has 2 heterocycles. The van der Waals surface area contributed by atoms with Gasteiger partial charge in [0.2, 0.25) is 0 Å². The minimum absolute atomic E-state index is 0.254. The standard InChI is InChI=1S/C20H24N4O/c1-16-6-5-11-21-19(16)20(25)23-22-14-17-9-12-24(13-10-17)15-18-7-3-2-4-8-18/h2-8,11,14,17H,9-10,12-13,15H2,1H3,(H,23,25). The third kappa shape index (κ3) is 4.97. The molecule has 0 atom stereocenters. The molecule has 0 spiro atoms. The Kier molecular flexibility index (Phi) is 5.90. The van der Waals surface area contributed by atoms with Crippen LogP contribution >= 0.6 is 0 Å². The van der Waals surface area contributed by atoms with Crippen LogP contribution in [0, 0.1) is 12.8 Å². The number of likely N-dealkylation sites (tertiary alicyclic amines) is 1. The summed E-state index contributed by atoms with van der Waals surface area (Å²) in [5.74, 6) is 0.160. The molecule has 3 rings (SSSR count). The number of carbonyl (C=O) groups is 1. The molecule has 5 nitrogen and oxygen atoms in total. The van der Waals surface area contributed by atoms with Crippen molar-refractivity contribution in [1.82, 2.24) is 15.3 Å². The predicted octanol–water partition coefficient (Wildman–Crippen LogP) is 3.02. The van der Waals surface area contributed by atoms with E-state index in [9.17, 15) is 4.79 Å². The smallest absolute Gasteiger partial charge is 0.290 e. The molecule has 1 fully saturated rings. The summed E-state index contributed by atoms with van der Waals surface area (Å²) in [6.45, 7) is 4.98. The normalized spacial score (nSPS) is 16.2. The van der Waals surface area contributed by atoms with Crippen LogP contribution in [0.2, 0.25) is 0 Å². The fourth-order valence-corrected chi connectivity index (χ4v) is 3.08. The maximum atomic E-state index is 12.1. The first-order valence-electron chi connectivity index (χ1n) is 8.74. The Balaban J connectivity index is 1.43. The number of amides is 1. The van der Waals surface area contributed by atoms with Crippen molar-refractivity contribution in [1.29, 1.82) is 0 Å². The molecule has 2 aromatic rings. The lowest BCUT2D eigenvalue weighted by Crippen LogP contribution is -2.34. The van der Waals surface area contributed by atoms with Crippen molar-refractivity contribution < 1.29 is 4.79 Å². The number of rotatable bonds is 5. The number of nitrogens with zero attached hydrogens (tertiary/aromatic N) is 3. The highest BCUT2D eigenvalue weighted by Gasteiger charge is 2.18. The van der Waals surface area contributed by atoms with Crippen LogP contribution in [0.1, 0.15) is 34.5 Å². The first-order valence-corrected chi connectivity index (χ1v) is 8.74. The van der Waals surface area contributed by atoms with Gasteiger partial charge in [-0.2, -0.15) is 5.10 Å². The van der Waals surface area contributed by atoms with E-state index in [0.717, 1.165) is 38.0 Å². The Morgan fingerprint density at radius 1 is 1.24 bits per heavy atom. The quantitative estimate of drug-likeness (QED) is 0.674. The van der Waals surface area contributed by atoms with Crippen LogP contribution in [-0.4, -0.2) is 35.1 Å². The van der Waals surface area contributed by atoms with Crippen LogP contribution in [0.4, 0.5) is 0 Å². The van der Waals surface area contributed by atoms with E-state index in [-0.39, 0.29) is 5.91 Å².